The van der Waals surface area contributed by atoms with Crippen molar-refractivity contribution in [2.45, 2.75) is 64.1 Å². The van der Waals surface area contributed by atoms with Crippen LogP contribution in [-0.4, -0.2) is 41.9 Å². The SMILES string of the molecule is O=C(CCn1cccn1)N1CCCC1c1nnc2n1CCCCC2. The lowest BCUT2D eigenvalue weighted by atomic mass is 10.2. The van der Waals surface area contributed by atoms with Crippen LogP contribution in [0.1, 0.15) is 56.2 Å². The molecule has 0 aromatic carbocycles. The van der Waals surface area contributed by atoms with Crippen molar-refractivity contribution in [3.8, 4) is 0 Å². The van der Waals surface area contributed by atoms with Gasteiger partial charge in [-0.2, -0.15) is 5.10 Å². The highest BCUT2D eigenvalue weighted by molar-refractivity contribution is 5.76. The average Bonchev–Trinajstić information content (AvgIpc) is 3.31. The van der Waals surface area contributed by atoms with Crippen LogP contribution in [0.15, 0.2) is 18.5 Å². The minimum Gasteiger partial charge on any atom is -0.332 e. The quantitative estimate of drug-likeness (QED) is 0.860. The van der Waals surface area contributed by atoms with Crippen LogP contribution in [0.5, 0.6) is 0 Å². The molecule has 1 unspecified atom stereocenters. The van der Waals surface area contributed by atoms with Gasteiger partial charge in [-0.1, -0.05) is 6.42 Å². The van der Waals surface area contributed by atoms with Crippen LogP contribution in [0.4, 0.5) is 0 Å². The van der Waals surface area contributed by atoms with Crippen LogP contribution in [-0.2, 0) is 24.3 Å². The summed E-state index contributed by atoms with van der Waals surface area (Å²) in [6.07, 6.45) is 10.8. The Labute approximate surface area is 141 Å². The van der Waals surface area contributed by atoms with Gasteiger partial charge in [0, 0.05) is 44.9 Å². The summed E-state index contributed by atoms with van der Waals surface area (Å²) >= 11 is 0. The van der Waals surface area contributed by atoms with Crippen LogP contribution >= 0.6 is 0 Å². The Morgan fingerprint density at radius 3 is 3.00 bits per heavy atom. The first-order chi connectivity index (χ1) is 11.8. The molecule has 0 bridgehead atoms. The molecule has 0 radical (unpaired) electrons. The van der Waals surface area contributed by atoms with Gasteiger partial charge in [-0.05, 0) is 31.7 Å². The molecule has 2 aromatic heterocycles. The molecule has 1 amide bonds. The molecule has 7 heteroatoms. The molecule has 4 heterocycles. The lowest BCUT2D eigenvalue weighted by Crippen LogP contribution is -2.32. The summed E-state index contributed by atoms with van der Waals surface area (Å²) in [7, 11) is 0. The Kier molecular flexibility index (Phi) is 4.32. The van der Waals surface area contributed by atoms with E-state index in [-0.39, 0.29) is 11.9 Å². The summed E-state index contributed by atoms with van der Waals surface area (Å²) in [6.45, 7) is 2.45. The number of nitrogens with zero attached hydrogens (tertiary/aromatic N) is 6. The van der Waals surface area contributed by atoms with E-state index in [9.17, 15) is 4.79 Å². The summed E-state index contributed by atoms with van der Waals surface area (Å²) in [6, 6.07) is 1.98. The third-order valence-electron chi connectivity index (χ3n) is 5.12. The maximum absolute atomic E-state index is 12.7. The molecule has 1 saturated heterocycles. The van der Waals surface area contributed by atoms with Crippen LogP contribution in [0.2, 0.25) is 0 Å². The molecule has 0 saturated carbocycles. The van der Waals surface area contributed by atoms with E-state index in [0.29, 0.717) is 13.0 Å². The summed E-state index contributed by atoms with van der Waals surface area (Å²) in [5, 5.41) is 13.0. The van der Waals surface area contributed by atoms with Crippen LogP contribution in [0, 0.1) is 0 Å². The zero-order valence-electron chi connectivity index (χ0n) is 14.0. The van der Waals surface area contributed by atoms with Gasteiger partial charge in [0.1, 0.15) is 5.82 Å². The van der Waals surface area contributed by atoms with E-state index in [1.165, 1.54) is 19.3 Å². The Morgan fingerprint density at radius 2 is 2.12 bits per heavy atom. The monoisotopic (exact) mass is 328 g/mol. The second-order valence-corrected chi connectivity index (χ2v) is 6.70. The van der Waals surface area contributed by atoms with E-state index in [2.05, 4.69) is 19.9 Å². The molecule has 4 rings (SSSR count). The molecule has 7 nitrogen and oxygen atoms in total. The van der Waals surface area contributed by atoms with Crippen molar-refractivity contribution in [2.24, 2.45) is 0 Å². The van der Waals surface area contributed by atoms with Crippen molar-refractivity contribution in [1.82, 2.24) is 29.4 Å². The van der Waals surface area contributed by atoms with E-state index < -0.39 is 0 Å². The molecule has 1 fully saturated rings. The Morgan fingerprint density at radius 1 is 1.17 bits per heavy atom. The molecule has 2 aliphatic heterocycles. The third kappa shape index (κ3) is 2.95. The maximum atomic E-state index is 12.7. The smallest absolute Gasteiger partial charge is 0.225 e. The number of likely N-dealkylation sites (tertiary alicyclic amines) is 1. The minimum atomic E-state index is 0.0921. The van der Waals surface area contributed by atoms with Gasteiger partial charge >= 0.3 is 0 Å². The molecule has 2 aromatic rings. The van der Waals surface area contributed by atoms with Crippen molar-refractivity contribution in [2.75, 3.05) is 6.54 Å². The summed E-state index contributed by atoms with van der Waals surface area (Å²) in [4.78, 5) is 14.7. The van der Waals surface area contributed by atoms with E-state index in [1.54, 1.807) is 6.20 Å². The molecule has 24 heavy (non-hydrogen) atoms. The van der Waals surface area contributed by atoms with Crippen LogP contribution in [0.3, 0.4) is 0 Å². The number of carbonyl (C=O) groups is 1. The first-order valence-corrected chi connectivity index (χ1v) is 9.02. The first kappa shape index (κ1) is 15.4. The van der Waals surface area contributed by atoms with Gasteiger partial charge in [0.25, 0.3) is 0 Å². The van der Waals surface area contributed by atoms with Crippen molar-refractivity contribution >= 4 is 5.91 Å². The number of hydrogen-bond donors (Lipinski definition) is 0. The fraction of sp³-hybridized carbons (Fsp3) is 0.647. The van der Waals surface area contributed by atoms with Crippen molar-refractivity contribution < 1.29 is 4.79 Å². The number of amides is 1. The van der Waals surface area contributed by atoms with Gasteiger partial charge in [0.05, 0.1) is 6.04 Å². The highest BCUT2D eigenvalue weighted by Gasteiger charge is 2.34. The van der Waals surface area contributed by atoms with E-state index in [4.69, 9.17) is 0 Å². The minimum absolute atomic E-state index is 0.0921. The van der Waals surface area contributed by atoms with E-state index in [1.807, 2.05) is 21.8 Å². The van der Waals surface area contributed by atoms with Gasteiger partial charge in [0.2, 0.25) is 5.91 Å². The standard InChI is InChI=1S/C17H24N6O/c24-16(8-13-21-10-5-9-18-21)22-12-4-6-14(22)17-20-19-15-7-2-1-3-11-23(15)17/h5,9-10,14H,1-4,6-8,11-13H2. The highest BCUT2D eigenvalue weighted by atomic mass is 16.2. The van der Waals surface area contributed by atoms with Gasteiger partial charge in [-0.15, -0.1) is 10.2 Å². The van der Waals surface area contributed by atoms with E-state index in [0.717, 1.165) is 44.0 Å². The summed E-state index contributed by atoms with van der Waals surface area (Å²) in [5.74, 6) is 2.29. The topological polar surface area (TPSA) is 68.8 Å². The van der Waals surface area contributed by atoms with Crippen molar-refractivity contribution in [3.63, 3.8) is 0 Å². The summed E-state index contributed by atoms with van der Waals surface area (Å²) < 4.78 is 4.09. The fourth-order valence-corrected chi connectivity index (χ4v) is 3.87. The normalized spacial score (nSPS) is 20.8. The number of rotatable bonds is 4. The lowest BCUT2D eigenvalue weighted by molar-refractivity contribution is -0.132. The Bertz CT molecular complexity index is 692. The van der Waals surface area contributed by atoms with Gasteiger partial charge in [-0.25, -0.2) is 0 Å². The highest BCUT2D eigenvalue weighted by Crippen LogP contribution is 2.32. The second kappa shape index (κ2) is 6.75. The predicted octanol–water partition coefficient (Wildman–Crippen LogP) is 1.95. The third-order valence-corrected chi connectivity index (χ3v) is 5.12. The van der Waals surface area contributed by atoms with Gasteiger partial charge in [-0.3, -0.25) is 9.48 Å². The van der Waals surface area contributed by atoms with Crippen LogP contribution in [0.25, 0.3) is 0 Å². The van der Waals surface area contributed by atoms with Gasteiger partial charge in [0.15, 0.2) is 5.82 Å². The molecule has 0 N–H and O–H groups in total. The lowest BCUT2D eigenvalue weighted by Gasteiger charge is -2.24. The molecule has 0 spiro atoms. The molecule has 2 aliphatic rings. The Hall–Kier alpha value is -2.18. The second-order valence-electron chi connectivity index (χ2n) is 6.70. The zero-order chi connectivity index (χ0) is 16.4. The number of aryl methyl sites for hydroxylation is 2. The van der Waals surface area contributed by atoms with Gasteiger partial charge < -0.3 is 9.47 Å². The number of hydrogen-bond acceptors (Lipinski definition) is 4. The average molecular weight is 328 g/mol. The zero-order valence-corrected chi connectivity index (χ0v) is 14.0. The molecule has 0 aliphatic carbocycles. The van der Waals surface area contributed by atoms with Crippen molar-refractivity contribution in [1.29, 1.82) is 0 Å². The number of aromatic nitrogens is 5. The largest absolute Gasteiger partial charge is 0.332 e. The maximum Gasteiger partial charge on any atom is 0.225 e. The first-order valence-electron chi connectivity index (χ1n) is 9.02. The van der Waals surface area contributed by atoms with E-state index >= 15 is 0 Å². The number of carbonyl (C=O) groups excluding carboxylic acids is 1. The molecule has 1 atom stereocenters. The number of fused-ring (bicyclic) bond motifs is 1. The van der Waals surface area contributed by atoms with Crippen LogP contribution < -0.4 is 0 Å². The van der Waals surface area contributed by atoms with Crippen molar-refractivity contribution in [3.05, 3.63) is 30.1 Å². The molecule has 128 valence electrons. The molecular formula is C17H24N6O. The molecular weight excluding hydrogens is 304 g/mol. The predicted molar refractivity (Wildman–Crippen MR) is 88.1 cm³/mol. The Balaban J connectivity index is 1.48. The fourth-order valence-electron chi connectivity index (χ4n) is 3.87. The summed E-state index contributed by atoms with van der Waals surface area (Å²) in [5.41, 5.74) is 0.